The second-order valence-electron chi connectivity index (χ2n) is 5.79. The largest absolute Gasteiger partial charge is 0.344 e. The van der Waals surface area contributed by atoms with E-state index in [0.717, 1.165) is 22.8 Å². The van der Waals surface area contributed by atoms with Crippen molar-refractivity contribution in [2.24, 2.45) is 0 Å². The molecular formula is C18H17ClN4. The van der Waals surface area contributed by atoms with E-state index in [-0.39, 0.29) is 0 Å². The molecule has 4 rings (SSSR count). The van der Waals surface area contributed by atoms with E-state index >= 15 is 0 Å². The summed E-state index contributed by atoms with van der Waals surface area (Å²) in [6.45, 7) is 3.13. The first-order chi connectivity index (χ1) is 11.2. The minimum Gasteiger partial charge on any atom is -0.344 e. The van der Waals surface area contributed by atoms with E-state index in [1.54, 1.807) is 0 Å². The quantitative estimate of drug-likeness (QED) is 0.913. The number of aromatic nitrogens is 1. The standard InChI is InChI=1S/C18H17ClN4/c1-13-11-22(16-4-2-15(19)3-5-16)12-18-17(10-21-23(13)18)14-6-8-20-9-7-14/h2-10,12-13,21H,11H2,1H3/t13-/m0/s1. The fourth-order valence-electron chi connectivity index (χ4n) is 3.05. The molecule has 1 atom stereocenters. The Morgan fingerprint density at radius 1 is 1.13 bits per heavy atom. The number of hydrogen-bond acceptors (Lipinski definition) is 4. The molecule has 2 aromatic rings. The molecule has 1 aromatic heterocycles. The number of halogens is 1. The molecule has 3 heterocycles. The van der Waals surface area contributed by atoms with E-state index in [4.69, 9.17) is 11.6 Å². The van der Waals surface area contributed by atoms with Crippen LogP contribution in [0.4, 0.5) is 5.69 Å². The van der Waals surface area contributed by atoms with Crippen molar-refractivity contribution < 1.29 is 0 Å². The van der Waals surface area contributed by atoms with Gasteiger partial charge in [0.2, 0.25) is 0 Å². The Balaban J connectivity index is 1.71. The van der Waals surface area contributed by atoms with E-state index in [9.17, 15) is 0 Å². The lowest BCUT2D eigenvalue weighted by atomic mass is 10.0. The van der Waals surface area contributed by atoms with Gasteiger partial charge in [0, 0.05) is 47.6 Å². The van der Waals surface area contributed by atoms with Crippen LogP contribution in [0.3, 0.4) is 0 Å². The third-order valence-electron chi connectivity index (χ3n) is 4.21. The van der Waals surface area contributed by atoms with Gasteiger partial charge in [-0.05, 0) is 48.9 Å². The zero-order chi connectivity index (χ0) is 15.8. The van der Waals surface area contributed by atoms with Crippen LogP contribution in [0.2, 0.25) is 5.02 Å². The zero-order valence-corrected chi connectivity index (χ0v) is 13.5. The highest BCUT2D eigenvalue weighted by Crippen LogP contribution is 2.34. The van der Waals surface area contributed by atoms with E-state index in [0.29, 0.717) is 6.04 Å². The number of hydrazine groups is 1. The average molecular weight is 325 g/mol. The van der Waals surface area contributed by atoms with Gasteiger partial charge in [-0.25, -0.2) is 0 Å². The summed E-state index contributed by atoms with van der Waals surface area (Å²) in [4.78, 5) is 6.38. The van der Waals surface area contributed by atoms with Crippen LogP contribution in [0.25, 0.3) is 5.57 Å². The molecule has 0 aliphatic carbocycles. The number of allylic oxidation sites excluding steroid dienone is 1. The third kappa shape index (κ3) is 2.55. The van der Waals surface area contributed by atoms with Crippen LogP contribution in [0.1, 0.15) is 12.5 Å². The number of rotatable bonds is 2. The monoisotopic (exact) mass is 324 g/mol. The summed E-state index contributed by atoms with van der Waals surface area (Å²) >= 11 is 6.00. The molecule has 2 aliphatic heterocycles. The summed E-state index contributed by atoms with van der Waals surface area (Å²) in [5, 5.41) is 2.97. The van der Waals surface area contributed by atoms with Crippen molar-refractivity contribution in [1.29, 1.82) is 0 Å². The third-order valence-corrected chi connectivity index (χ3v) is 4.46. The molecule has 0 unspecified atom stereocenters. The van der Waals surface area contributed by atoms with Crippen LogP contribution in [0.15, 0.2) is 66.9 Å². The summed E-state index contributed by atoms with van der Waals surface area (Å²) in [5.41, 5.74) is 8.03. The minimum atomic E-state index is 0.348. The molecule has 5 heteroatoms. The lowest BCUT2D eigenvalue weighted by molar-refractivity contribution is 0.232. The molecule has 2 aliphatic rings. The Kier molecular flexibility index (Phi) is 3.46. The average Bonchev–Trinajstić information content (AvgIpc) is 3.01. The van der Waals surface area contributed by atoms with Gasteiger partial charge in [-0.15, -0.1) is 0 Å². The van der Waals surface area contributed by atoms with Gasteiger partial charge in [0.1, 0.15) is 0 Å². The van der Waals surface area contributed by atoms with Crippen LogP contribution in [0.5, 0.6) is 0 Å². The number of hydrogen-bond donors (Lipinski definition) is 1. The number of nitrogens with zero attached hydrogens (tertiary/aromatic N) is 3. The predicted molar refractivity (Wildman–Crippen MR) is 93.5 cm³/mol. The molecule has 4 nitrogen and oxygen atoms in total. The van der Waals surface area contributed by atoms with Gasteiger partial charge in [-0.2, -0.15) is 0 Å². The van der Waals surface area contributed by atoms with Crippen LogP contribution < -0.4 is 10.3 Å². The summed E-state index contributed by atoms with van der Waals surface area (Å²) in [6, 6.07) is 12.4. The number of pyridine rings is 1. The van der Waals surface area contributed by atoms with E-state index in [1.807, 2.05) is 36.7 Å². The highest BCUT2D eigenvalue weighted by Gasteiger charge is 2.31. The highest BCUT2D eigenvalue weighted by molar-refractivity contribution is 6.30. The molecule has 0 saturated carbocycles. The summed E-state index contributed by atoms with van der Waals surface area (Å²) in [5.74, 6) is 0. The van der Waals surface area contributed by atoms with Gasteiger partial charge in [0.25, 0.3) is 0 Å². The van der Waals surface area contributed by atoms with Gasteiger partial charge in [0.15, 0.2) is 0 Å². The topological polar surface area (TPSA) is 31.4 Å². The number of nitrogens with one attached hydrogen (secondary N) is 1. The maximum Gasteiger partial charge on any atom is 0.0831 e. The van der Waals surface area contributed by atoms with Gasteiger partial charge >= 0.3 is 0 Å². The van der Waals surface area contributed by atoms with Crippen molar-refractivity contribution in [3.8, 4) is 0 Å². The molecular weight excluding hydrogens is 308 g/mol. The lowest BCUT2D eigenvalue weighted by Crippen LogP contribution is -2.47. The summed E-state index contributed by atoms with van der Waals surface area (Å²) in [6.07, 6.45) is 7.89. The van der Waals surface area contributed by atoms with Crippen molar-refractivity contribution in [3.63, 3.8) is 0 Å². The maximum absolute atomic E-state index is 6.00. The van der Waals surface area contributed by atoms with Gasteiger partial charge in [0.05, 0.1) is 11.7 Å². The van der Waals surface area contributed by atoms with Crippen molar-refractivity contribution in [2.75, 3.05) is 11.4 Å². The Hall–Kier alpha value is -2.46. The minimum absolute atomic E-state index is 0.348. The number of benzene rings is 1. The molecule has 0 radical (unpaired) electrons. The molecule has 0 amide bonds. The lowest BCUT2D eigenvalue weighted by Gasteiger charge is -2.38. The van der Waals surface area contributed by atoms with Gasteiger partial charge in [-0.1, -0.05) is 11.6 Å². The van der Waals surface area contributed by atoms with Crippen molar-refractivity contribution in [1.82, 2.24) is 15.4 Å². The number of fused-ring (bicyclic) bond motifs is 1. The fraction of sp³-hybridized carbons (Fsp3) is 0.167. The Labute approximate surface area is 140 Å². The van der Waals surface area contributed by atoms with Crippen molar-refractivity contribution in [3.05, 3.63) is 77.5 Å². The van der Waals surface area contributed by atoms with Crippen LogP contribution in [-0.4, -0.2) is 22.6 Å². The van der Waals surface area contributed by atoms with Crippen LogP contribution in [0, 0.1) is 0 Å². The second-order valence-corrected chi connectivity index (χ2v) is 6.22. The summed E-state index contributed by atoms with van der Waals surface area (Å²) in [7, 11) is 0. The van der Waals surface area contributed by atoms with Gasteiger partial charge < -0.3 is 10.3 Å². The molecule has 1 aromatic carbocycles. The van der Waals surface area contributed by atoms with E-state index in [2.05, 4.69) is 51.8 Å². The normalized spacial score (nSPS) is 19.8. The molecule has 23 heavy (non-hydrogen) atoms. The first kappa shape index (κ1) is 14.2. The maximum atomic E-state index is 6.00. The van der Waals surface area contributed by atoms with E-state index < -0.39 is 0 Å². The Morgan fingerprint density at radius 3 is 2.61 bits per heavy atom. The summed E-state index contributed by atoms with van der Waals surface area (Å²) < 4.78 is 0. The van der Waals surface area contributed by atoms with E-state index in [1.165, 1.54) is 11.3 Å². The first-order valence-electron chi connectivity index (χ1n) is 7.63. The molecule has 1 N–H and O–H groups in total. The second kappa shape index (κ2) is 5.63. The molecule has 0 spiro atoms. The van der Waals surface area contributed by atoms with Crippen LogP contribution in [-0.2, 0) is 0 Å². The molecule has 0 saturated heterocycles. The smallest absolute Gasteiger partial charge is 0.0831 e. The Morgan fingerprint density at radius 2 is 1.87 bits per heavy atom. The van der Waals surface area contributed by atoms with Crippen molar-refractivity contribution >= 4 is 22.9 Å². The predicted octanol–water partition coefficient (Wildman–Crippen LogP) is 3.65. The zero-order valence-electron chi connectivity index (χ0n) is 12.8. The number of anilines is 1. The fourth-order valence-corrected chi connectivity index (χ4v) is 3.17. The highest BCUT2D eigenvalue weighted by atomic mass is 35.5. The Bertz CT molecular complexity index is 767. The molecule has 0 bridgehead atoms. The first-order valence-corrected chi connectivity index (χ1v) is 8.00. The van der Waals surface area contributed by atoms with Crippen LogP contribution >= 0.6 is 11.6 Å². The molecule has 116 valence electrons. The molecule has 0 fully saturated rings. The van der Waals surface area contributed by atoms with Crippen molar-refractivity contribution in [2.45, 2.75) is 13.0 Å². The van der Waals surface area contributed by atoms with Gasteiger partial charge in [-0.3, -0.25) is 9.99 Å². The SMILES string of the molecule is C[C@H]1CN(c2ccc(Cl)cc2)C=C2C(c3ccncc3)=CNN21.